The third-order valence-electron chi connectivity index (χ3n) is 3.83. The molecule has 10 heteroatoms. The molecule has 1 aromatic heterocycles. The van der Waals surface area contributed by atoms with Gasteiger partial charge in [0, 0.05) is 23.2 Å². The molecule has 0 saturated heterocycles. The molecule has 0 unspecified atom stereocenters. The molecule has 29 heavy (non-hydrogen) atoms. The van der Waals surface area contributed by atoms with Gasteiger partial charge in [-0.1, -0.05) is 18.7 Å². The lowest BCUT2D eigenvalue weighted by Gasteiger charge is -2.14. The number of thioether (sulfide) groups is 1. The number of anilines is 1. The smallest absolute Gasteiger partial charge is 0.274 e. The fraction of sp³-hybridized carbons (Fsp3) is 0.263. The second kappa shape index (κ2) is 9.93. The van der Waals surface area contributed by atoms with Gasteiger partial charge in [-0.15, -0.1) is 0 Å². The molecule has 0 aliphatic heterocycles. The highest BCUT2D eigenvalue weighted by Crippen LogP contribution is 2.24. The lowest BCUT2D eigenvalue weighted by Crippen LogP contribution is -2.17. The first kappa shape index (κ1) is 22.2. The van der Waals surface area contributed by atoms with E-state index >= 15 is 0 Å². The molecular formula is C19H18F3N5OS. The number of nitrogens with one attached hydrogen (secondary N) is 1. The topological polar surface area (TPSA) is 104 Å². The Morgan fingerprint density at radius 2 is 2.14 bits per heavy atom. The van der Waals surface area contributed by atoms with Gasteiger partial charge in [0.25, 0.3) is 5.91 Å². The van der Waals surface area contributed by atoms with Crippen molar-refractivity contribution in [2.24, 2.45) is 10.7 Å². The van der Waals surface area contributed by atoms with Gasteiger partial charge in [0.2, 0.25) is 0 Å². The van der Waals surface area contributed by atoms with Crippen molar-refractivity contribution >= 4 is 28.5 Å². The Balaban J connectivity index is 2.21. The van der Waals surface area contributed by atoms with Crippen molar-refractivity contribution < 1.29 is 18.0 Å². The second-order valence-electron chi connectivity index (χ2n) is 6.14. The van der Waals surface area contributed by atoms with Crippen LogP contribution in [0.2, 0.25) is 0 Å². The monoisotopic (exact) mass is 421 g/mol. The maximum absolute atomic E-state index is 14.2. The van der Waals surface area contributed by atoms with E-state index in [2.05, 4.69) is 15.3 Å². The van der Waals surface area contributed by atoms with Gasteiger partial charge in [-0.25, -0.2) is 23.1 Å². The number of hydrogen-bond donors (Lipinski definition) is 2. The van der Waals surface area contributed by atoms with E-state index in [-0.39, 0.29) is 33.8 Å². The average Bonchev–Trinajstić information content (AvgIpc) is 2.65. The summed E-state index contributed by atoms with van der Waals surface area (Å²) in [6.45, 7) is 2.36. The predicted molar refractivity (Wildman–Crippen MR) is 106 cm³/mol. The van der Waals surface area contributed by atoms with Gasteiger partial charge in [0.1, 0.15) is 11.8 Å². The highest BCUT2D eigenvalue weighted by molar-refractivity contribution is 8.14. The molecule has 0 bridgehead atoms. The molecule has 6 nitrogen and oxygen atoms in total. The number of rotatable bonds is 6. The Bertz CT molecular complexity index is 991. The minimum Gasteiger partial charge on any atom is -0.378 e. The molecule has 0 aliphatic rings. The first-order valence-electron chi connectivity index (χ1n) is 8.43. The van der Waals surface area contributed by atoms with Crippen molar-refractivity contribution in [3.63, 3.8) is 0 Å². The van der Waals surface area contributed by atoms with Gasteiger partial charge in [-0.3, -0.25) is 4.79 Å². The summed E-state index contributed by atoms with van der Waals surface area (Å²) in [7, 11) is 0. The van der Waals surface area contributed by atoms with Crippen molar-refractivity contribution in [2.75, 3.05) is 12.1 Å². The van der Waals surface area contributed by atoms with Crippen molar-refractivity contribution in [2.45, 2.75) is 25.5 Å². The molecule has 1 heterocycles. The van der Waals surface area contributed by atoms with Crippen molar-refractivity contribution in [3.05, 3.63) is 58.4 Å². The third kappa shape index (κ3) is 5.96. The first-order chi connectivity index (χ1) is 13.7. The van der Waals surface area contributed by atoms with Gasteiger partial charge < -0.3 is 11.1 Å². The highest BCUT2D eigenvalue weighted by atomic mass is 32.2. The van der Waals surface area contributed by atoms with Crippen LogP contribution in [0.15, 0.2) is 29.4 Å². The van der Waals surface area contributed by atoms with Crippen LogP contribution in [0.5, 0.6) is 0 Å². The summed E-state index contributed by atoms with van der Waals surface area (Å²) >= 11 is 1.03. The lowest BCUT2D eigenvalue weighted by molar-refractivity contribution is 0.102. The van der Waals surface area contributed by atoms with E-state index in [1.54, 1.807) is 13.8 Å². The number of aryl methyl sites for hydroxylation is 1. The number of aromatic nitrogens is 1. The van der Waals surface area contributed by atoms with Crippen LogP contribution >= 0.6 is 11.8 Å². The third-order valence-corrected chi connectivity index (χ3v) is 4.77. The molecule has 2 aromatic rings. The fourth-order valence-electron chi connectivity index (χ4n) is 2.58. The molecule has 2 rings (SSSR count). The summed E-state index contributed by atoms with van der Waals surface area (Å²) in [5, 5.41) is 11.0. The van der Waals surface area contributed by atoms with Gasteiger partial charge >= 0.3 is 0 Å². The molecule has 0 spiro atoms. The summed E-state index contributed by atoms with van der Waals surface area (Å²) in [5.41, 5.74) is 6.44. The number of carbonyl (C=O) groups is 1. The fourth-order valence-corrected chi connectivity index (χ4v) is 3.38. The molecule has 3 N–H and O–H groups in total. The van der Waals surface area contributed by atoms with Crippen molar-refractivity contribution in [1.82, 2.24) is 4.98 Å². The van der Waals surface area contributed by atoms with Gasteiger partial charge in [-0.05, 0) is 36.6 Å². The maximum Gasteiger partial charge on any atom is 0.274 e. The number of hydrogen-bond acceptors (Lipinski definition) is 5. The number of pyridine rings is 1. The number of nitrogens with zero attached hydrogens (tertiary/aromatic N) is 3. The summed E-state index contributed by atoms with van der Waals surface area (Å²) in [4.78, 5) is 19.8. The number of nitrogens with two attached hydrogens (primary N) is 1. The Kier molecular flexibility index (Phi) is 7.61. The number of alkyl halides is 1. The van der Waals surface area contributed by atoms with E-state index in [1.807, 2.05) is 6.07 Å². The number of aliphatic imine (C=N–C) groups is 1. The Morgan fingerprint density at radius 3 is 2.76 bits per heavy atom. The minimum atomic E-state index is -1.12. The Hall–Kier alpha value is -3.06. The molecule has 152 valence electrons. The average molecular weight is 421 g/mol. The SMILES string of the molecule is Cc1cc(C#N)cnc1C(=O)Nc1cc(F)c(F)c(C[C@@H](C)SC(N)=NCF)c1. The number of nitriles is 1. The van der Waals surface area contributed by atoms with Crippen molar-refractivity contribution in [3.8, 4) is 6.07 Å². The van der Waals surface area contributed by atoms with Gasteiger partial charge in [-0.2, -0.15) is 5.26 Å². The lowest BCUT2D eigenvalue weighted by atomic mass is 10.1. The second-order valence-corrected chi connectivity index (χ2v) is 7.59. The zero-order chi connectivity index (χ0) is 21.6. The van der Waals surface area contributed by atoms with Gasteiger partial charge in [0.15, 0.2) is 23.6 Å². The van der Waals surface area contributed by atoms with Crippen LogP contribution in [0.4, 0.5) is 18.9 Å². The van der Waals surface area contributed by atoms with Crippen LogP contribution in [0.3, 0.4) is 0 Å². The molecule has 0 saturated carbocycles. The van der Waals surface area contributed by atoms with E-state index in [0.29, 0.717) is 11.1 Å². The molecular weight excluding hydrogens is 403 g/mol. The van der Waals surface area contributed by atoms with Crippen LogP contribution in [0.25, 0.3) is 0 Å². The maximum atomic E-state index is 14.2. The number of amidine groups is 1. The van der Waals surface area contributed by atoms with E-state index in [9.17, 15) is 18.0 Å². The largest absolute Gasteiger partial charge is 0.378 e. The summed E-state index contributed by atoms with van der Waals surface area (Å²) in [6.07, 6.45) is 1.33. The zero-order valence-electron chi connectivity index (χ0n) is 15.7. The summed E-state index contributed by atoms with van der Waals surface area (Å²) in [5.74, 6) is -2.78. The molecule has 0 fully saturated rings. The molecule has 1 aromatic carbocycles. The zero-order valence-corrected chi connectivity index (χ0v) is 16.5. The number of halogens is 3. The van der Waals surface area contributed by atoms with Crippen LogP contribution in [-0.2, 0) is 6.42 Å². The Labute approximate surface area is 170 Å². The summed E-state index contributed by atoms with van der Waals surface area (Å²) in [6, 6.07) is 5.60. The number of amides is 1. The molecule has 0 radical (unpaired) electrons. The number of carbonyl (C=O) groups excluding carboxylic acids is 1. The van der Waals surface area contributed by atoms with Crippen LogP contribution < -0.4 is 11.1 Å². The predicted octanol–water partition coefficient (Wildman–Crippen LogP) is 3.70. The van der Waals surface area contributed by atoms with Gasteiger partial charge in [0.05, 0.1) is 5.56 Å². The molecule has 1 amide bonds. The van der Waals surface area contributed by atoms with Crippen molar-refractivity contribution in [1.29, 1.82) is 5.26 Å². The van der Waals surface area contributed by atoms with E-state index < -0.39 is 24.3 Å². The quantitative estimate of drug-likeness (QED) is 0.420. The van der Waals surface area contributed by atoms with E-state index in [4.69, 9.17) is 11.0 Å². The van der Waals surface area contributed by atoms with Crippen LogP contribution in [0.1, 0.15) is 34.1 Å². The van der Waals surface area contributed by atoms with E-state index in [0.717, 1.165) is 17.8 Å². The summed E-state index contributed by atoms with van der Waals surface area (Å²) < 4.78 is 40.4. The van der Waals surface area contributed by atoms with E-state index in [1.165, 1.54) is 18.3 Å². The molecule has 0 aliphatic carbocycles. The number of benzene rings is 1. The first-order valence-corrected chi connectivity index (χ1v) is 9.31. The standard InChI is InChI=1S/C19H18F3N5OS/c1-10-3-12(7-23)8-25-17(10)18(28)27-14-5-13(16(22)15(21)6-14)4-11(2)29-19(24)26-9-20/h3,5-6,8,11H,4,9H2,1-2H3,(H2,24,26)(H,27,28)/t11-/m1/s1. The van der Waals surface area contributed by atoms with Crippen LogP contribution in [-0.4, -0.2) is 28.1 Å². The minimum absolute atomic E-state index is 0.00713. The molecule has 1 atom stereocenters. The Morgan fingerprint density at radius 1 is 1.41 bits per heavy atom. The normalized spacial score (nSPS) is 12.3. The highest BCUT2D eigenvalue weighted by Gasteiger charge is 2.18. The van der Waals surface area contributed by atoms with Crippen LogP contribution in [0, 0.1) is 29.9 Å².